The first-order chi connectivity index (χ1) is 19.3. The third kappa shape index (κ3) is 8.89. The number of hydrogen-bond donors (Lipinski definition) is 0. The maximum absolute atomic E-state index is 13.5. The monoisotopic (exact) mass is 628 g/mol. The molecule has 0 radical (unpaired) electrons. The van der Waals surface area contributed by atoms with E-state index in [0.717, 1.165) is 64.8 Å². The zero-order valence-corrected chi connectivity index (χ0v) is 24.8. The van der Waals surface area contributed by atoms with Crippen molar-refractivity contribution < 1.29 is 45.4 Å². The van der Waals surface area contributed by atoms with Crippen LogP contribution in [0.4, 0.5) is 26.3 Å². The van der Waals surface area contributed by atoms with E-state index >= 15 is 0 Å². The number of rotatable bonds is 14. The lowest BCUT2D eigenvalue weighted by Crippen LogP contribution is -2.42. The van der Waals surface area contributed by atoms with E-state index in [-0.39, 0.29) is 5.57 Å². The van der Waals surface area contributed by atoms with Crippen LogP contribution in [-0.2, 0) is 9.59 Å². The van der Waals surface area contributed by atoms with E-state index < -0.39 is 62.9 Å². The lowest BCUT2D eigenvalue weighted by atomic mass is 10.2. The van der Waals surface area contributed by atoms with Crippen molar-refractivity contribution in [3.8, 4) is 11.5 Å². The molecular weight excluding hydrogens is 594 g/mol. The summed E-state index contributed by atoms with van der Waals surface area (Å²) < 4.78 is 89.1. The van der Waals surface area contributed by atoms with E-state index in [1.165, 1.54) is 0 Å². The number of benzene rings is 1. The first kappa shape index (κ1) is 33.3. The molecule has 0 atom stereocenters. The highest BCUT2D eigenvalue weighted by Gasteiger charge is 2.45. The second-order valence-electron chi connectivity index (χ2n) is 9.74. The topological polar surface area (TPSA) is 59.1 Å². The van der Waals surface area contributed by atoms with E-state index in [1.807, 2.05) is 26.8 Å². The van der Waals surface area contributed by atoms with Gasteiger partial charge in [-0.15, -0.1) is 0 Å². The Morgan fingerprint density at radius 2 is 1.24 bits per heavy atom. The molecule has 1 fully saturated rings. The molecule has 2 aliphatic rings. The van der Waals surface area contributed by atoms with Gasteiger partial charge in [0.25, 0.3) is 11.8 Å². The zero-order valence-electron chi connectivity index (χ0n) is 23.2. The molecule has 0 saturated carbocycles. The quantitative estimate of drug-likeness (QED) is 0.0900. The van der Waals surface area contributed by atoms with Gasteiger partial charge in [-0.1, -0.05) is 50.2 Å². The summed E-state index contributed by atoms with van der Waals surface area (Å²) in [6, 6.07) is 1.84. The number of carbonyl (C=O) groups excluding carboxylic acids is 2. The summed E-state index contributed by atoms with van der Waals surface area (Å²) in [6.07, 6.45) is -8.89. The van der Waals surface area contributed by atoms with Crippen molar-refractivity contribution in [3.05, 3.63) is 21.4 Å². The van der Waals surface area contributed by atoms with Gasteiger partial charge in [0, 0.05) is 25.9 Å². The van der Waals surface area contributed by atoms with Crippen LogP contribution in [0, 0.1) is 6.92 Å². The summed E-state index contributed by atoms with van der Waals surface area (Å²) >= 11 is 2.27. The molecule has 0 bridgehead atoms. The van der Waals surface area contributed by atoms with Gasteiger partial charge in [0.05, 0.1) is 27.2 Å². The van der Waals surface area contributed by atoms with Gasteiger partial charge in [-0.3, -0.25) is 9.59 Å². The first-order valence-corrected chi connectivity index (χ1v) is 15.2. The number of hydrogen-bond acceptors (Lipinski definition) is 6. The van der Waals surface area contributed by atoms with Crippen LogP contribution in [0.3, 0.4) is 0 Å². The summed E-state index contributed by atoms with van der Waals surface area (Å²) in [7, 11) is 0. The second kappa shape index (κ2) is 14.3. The van der Waals surface area contributed by atoms with Crippen LogP contribution in [0.5, 0.6) is 11.5 Å². The molecule has 14 heteroatoms. The van der Waals surface area contributed by atoms with Crippen LogP contribution in [0.2, 0.25) is 0 Å². The number of nitrogens with zero attached hydrogens (tertiary/aromatic N) is 2. The first-order valence-electron chi connectivity index (χ1n) is 13.6. The maximum Gasteiger partial charge on any atom is 0.389 e. The van der Waals surface area contributed by atoms with Crippen molar-refractivity contribution in [1.29, 1.82) is 0 Å². The summed E-state index contributed by atoms with van der Waals surface area (Å²) in [5.41, 5.74) is 0.532. The number of amides is 2. The van der Waals surface area contributed by atoms with Crippen molar-refractivity contribution in [3.63, 3.8) is 0 Å². The van der Waals surface area contributed by atoms with Gasteiger partial charge in [-0.25, -0.2) is 10.0 Å². The molecule has 230 valence electrons. The number of ether oxygens (including phenoxy) is 2. The molecule has 0 spiro atoms. The predicted octanol–water partition coefficient (Wildman–Crippen LogP) is 8.03. The standard InChI is InChI=1S/C27H34F6N2O4S2/c1-4-6-14-38-18-16-17(3)20(39-15-7-5-2)22-21(18)40-25(41-22)19-23(36)34(12-8-10-26(28,29)30)35(24(19)37)13-9-11-27(31,32)33/h16H,4-15H2,1-3H3. The molecule has 0 aromatic heterocycles. The molecule has 1 saturated heterocycles. The number of fused-ring (bicyclic) bond motifs is 1. The average molecular weight is 629 g/mol. The third-order valence-electron chi connectivity index (χ3n) is 6.28. The van der Waals surface area contributed by atoms with Gasteiger partial charge < -0.3 is 9.47 Å². The Morgan fingerprint density at radius 3 is 1.73 bits per heavy atom. The Bertz CT molecular complexity index is 1100. The lowest BCUT2D eigenvalue weighted by Gasteiger charge is -2.27. The van der Waals surface area contributed by atoms with E-state index in [9.17, 15) is 35.9 Å². The van der Waals surface area contributed by atoms with Crippen LogP contribution in [0.1, 0.15) is 70.8 Å². The zero-order chi connectivity index (χ0) is 30.4. The van der Waals surface area contributed by atoms with Gasteiger partial charge in [0.15, 0.2) is 0 Å². The Labute approximate surface area is 244 Å². The summed E-state index contributed by atoms with van der Waals surface area (Å²) in [5.74, 6) is -0.508. The number of hydrazine groups is 1. The number of unbranched alkanes of at least 4 members (excludes halogenated alkanes) is 2. The van der Waals surface area contributed by atoms with Gasteiger partial charge >= 0.3 is 12.4 Å². The van der Waals surface area contributed by atoms with Crippen LogP contribution in [0.15, 0.2) is 25.7 Å². The number of thioether (sulfide) groups is 2. The van der Waals surface area contributed by atoms with Crippen LogP contribution in [-0.4, -0.2) is 60.5 Å². The molecule has 1 aromatic rings. The average Bonchev–Trinajstić information content (AvgIpc) is 3.39. The van der Waals surface area contributed by atoms with E-state index in [1.54, 1.807) is 0 Å². The number of carbonyl (C=O) groups is 2. The Kier molecular flexibility index (Phi) is 11.6. The van der Waals surface area contributed by atoms with E-state index in [0.29, 0.717) is 38.7 Å². The van der Waals surface area contributed by atoms with Crippen LogP contribution in [0.25, 0.3) is 0 Å². The SMILES string of the molecule is CCCCOc1cc(C)c(OCCCC)c2c1SC(=C1C(=O)N(CCCC(F)(F)F)N(CCCC(F)(F)F)C1=O)S2. The largest absolute Gasteiger partial charge is 0.492 e. The molecular formula is C27H34F6N2O4S2. The molecule has 41 heavy (non-hydrogen) atoms. The summed E-state index contributed by atoms with van der Waals surface area (Å²) in [6.45, 7) is 5.91. The van der Waals surface area contributed by atoms with Gasteiger partial charge in [0.1, 0.15) is 17.1 Å². The predicted molar refractivity (Wildman–Crippen MR) is 145 cm³/mol. The minimum absolute atomic E-state index is 0.271. The van der Waals surface area contributed by atoms with Gasteiger partial charge in [-0.05, 0) is 44.2 Å². The number of alkyl halides is 6. The molecule has 3 rings (SSSR count). The molecule has 1 aromatic carbocycles. The van der Waals surface area contributed by atoms with Crippen LogP contribution >= 0.6 is 23.5 Å². The Balaban J connectivity index is 1.96. The minimum Gasteiger partial charge on any atom is -0.492 e. The number of aryl methyl sites for hydroxylation is 1. The van der Waals surface area contributed by atoms with Crippen molar-refractivity contribution in [2.24, 2.45) is 0 Å². The molecule has 2 amide bonds. The van der Waals surface area contributed by atoms with Crippen LogP contribution < -0.4 is 9.47 Å². The summed E-state index contributed by atoms with van der Waals surface area (Å²) in [4.78, 5) is 28.2. The smallest absolute Gasteiger partial charge is 0.389 e. The minimum atomic E-state index is -4.48. The van der Waals surface area contributed by atoms with Crippen molar-refractivity contribution in [2.75, 3.05) is 26.3 Å². The maximum atomic E-state index is 13.5. The lowest BCUT2D eigenvalue weighted by molar-refractivity contribution is -0.155. The normalized spacial score (nSPS) is 15.8. The molecule has 2 aliphatic heterocycles. The third-order valence-corrected chi connectivity index (χ3v) is 8.90. The Hall–Kier alpha value is -2.22. The van der Waals surface area contributed by atoms with Crippen molar-refractivity contribution in [1.82, 2.24) is 10.0 Å². The van der Waals surface area contributed by atoms with E-state index in [4.69, 9.17) is 9.47 Å². The van der Waals surface area contributed by atoms with Gasteiger partial charge in [0.2, 0.25) is 0 Å². The van der Waals surface area contributed by atoms with Gasteiger partial charge in [-0.2, -0.15) is 26.3 Å². The van der Waals surface area contributed by atoms with Crippen molar-refractivity contribution in [2.45, 2.75) is 94.3 Å². The summed E-state index contributed by atoms with van der Waals surface area (Å²) in [5, 5.41) is 1.69. The second-order valence-corrected chi connectivity index (χ2v) is 12.0. The fourth-order valence-corrected chi connectivity index (χ4v) is 6.95. The molecule has 6 nitrogen and oxygen atoms in total. The molecule has 0 N–H and O–H groups in total. The highest BCUT2D eigenvalue weighted by atomic mass is 32.2. The molecule has 0 unspecified atom stereocenters. The molecule has 0 aliphatic carbocycles. The molecule has 2 heterocycles. The Morgan fingerprint density at radius 1 is 0.756 bits per heavy atom. The number of halogens is 6. The van der Waals surface area contributed by atoms with E-state index in [2.05, 4.69) is 0 Å². The van der Waals surface area contributed by atoms with Crippen molar-refractivity contribution >= 4 is 35.3 Å². The fourth-order valence-electron chi connectivity index (χ4n) is 4.20. The highest BCUT2D eigenvalue weighted by molar-refractivity contribution is 8.25. The fraction of sp³-hybridized carbons (Fsp3) is 0.630. The highest BCUT2D eigenvalue weighted by Crippen LogP contribution is 2.60.